The van der Waals surface area contributed by atoms with Gasteiger partial charge >= 0.3 is 0 Å². The Bertz CT molecular complexity index is 404. The fourth-order valence-electron chi connectivity index (χ4n) is 1.20. The topological polar surface area (TPSA) is 87.7 Å². The Labute approximate surface area is 104 Å². The number of amides is 1. The second-order valence-corrected chi connectivity index (χ2v) is 4.21. The maximum atomic E-state index is 11.7. The molecule has 1 amide bonds. The Morgan fingerprint density at radius 1 is 1.47 bits per heavy atom. The molecule has 0 aromatic heterocycles. The van der Waals surface area contributed by atoms with Gasteiger partial charge in [-0.05, 0) is 30.5 Å². The molecule has 0 unspecified atom stereocenters. The lowest BCUT2D eigenvalue weighted by Gasteiger charge is -2.05. The van der Waals surface area contributed by atoms with Crippen molar-refractivity contribution < 1.29 is 10.0 Å². The summed E-state index contributed by atoms with van der Waals surface area (Å²) in [6.07, 6.45) is 2.30. The molecule has 0 radical (unpaired) electrons. The van der Waals surface area contributed by atoms with Crippen LogP contribution in [-0.2, 0) is 0 Å². The normalized spacial score (nSPS) is 11.2. The highest BCUT2D eigenvalue weighted by molar-refractivity contribution is 7.98. The molecule has 1 aromatic rings. The molecular formula is C11H15N3O2S. The van der Waals surface area contributed by atoms with E-state index in [0.29, 0.717) is 18.5 Å². The second kappa shape index (κ2) is 6.80. The summed E-state index contributed by atoms with van der Waals surface area (Å²) >= 11 is 1.62. The van der Waals surface area contributed by atoms with Crippen molar-refractivity contribution in [3.63, 3.8) is 0 Å². The lowest BCUT2D eigenvalue weighted by atomic mass is 10.2. The van der Waals surface area contributed by atoms with Crippen LogP contribution in [0.4, 0.5) is 0 Å². The number of thioether (sulfide) groups is 1. The predicted octanol–water partition coefficient (Wildman–Crippen LogP) is 1.27. The van der Waals surface area contributed by atoms with Gasteiger partial charge in [0, 0.05) is 23.4 Å². The van der Waals surface area contributed by atoms with E-state index in [2.05, 4.69) is 10.5 Å². The van der Waals surface area contributed by atoms with Crippen molar-refractivity contribution in [2.24, 2.45) is 10.9 Å². The fourth-order valence-corrected chi connectivity index (χ4v) is 1.61. The summed E-state index contributed by atoms with van der Waals surface area (Å²) in [5.41, 5.74) is 5.88. The van der Waals surface area contributed by atoms with E-state index in [1.54, 1.807) is 23.9 Å². The predicted molar refractivity (Wildman–Crippen MR) is 68.6 cm³/mol. The van der Waals surface area contributed by atoms with Gasteiger partial charge in [0.2, 0.25) is 0 Å². The number of amidine groups is 1. The third-order valence-corrected chi connectivity index (χ3v) is 2.89. The molecule has 0 aliphatic carbocycles. The smallest absolute Gasteiger partial charge is 0.251 e. The number of oxime groups is 1. The first kappa shape index (κ1) is 13.4. The number of benzene rings is 1. The highest BCUT2D eigenvalue weighted by atomic mass is 32.2. The van der Waals surface area contributed by atoms with E-state index >= 15 is 0 Å². The number of nitrogens with zero attached hydrogens (tertiary/aromatic N) is 1. The standard InChI is InChI=1S/C11H15N3O2S/c1-17-9-4-2-8(3-5-9)11(15)13-7-6-10(12)14-16/h2-5,16H,6-7H2,1H3,(H2,12,14)(H,13,15). The summed E-state index contributed by atoms with van der Waals surface area (Å²) in [5.74, 6) is -0.0635. The molecule has 0 bridgehead atoms. The first-order valence-corrected chi connectivity index (χ1v) is 6.28. The van der Waals surface area contributed by atoms with Gasteiger partial charge < -0.3 is 16.3 Å². The van der Waals surface area contributed by atoms with Crippen molar-refractivity contribution in [2.45, 2.75) is 11.3 Å². The molecule has 1 aromatic carbocycles. The van der Waals surface area contributed by atoms with E-state index in [9.17, 15) is 4.79 Å². The molecule has 0 atom stereocenters. The van der Waals surface area contributed by atoms with E-state index in [4.69, 9.17) is 10.9 Å². The number of hydrogen-bond acceptors (Lipinski definition) is 4. The summed E-state index contributed by atoms with van der Waals surface area (Å²) in [6.45, 7) is 0.346. The molecule has 0 saturated heterocycles. The van der Waals surface area contributed by atoms with Crippen LogP contribution in [0.2, 0.25) is 0 Å². The van der Waals surface area contributed by atoms with Crippen molar-refractivity contribution in [2.75, 3.05) is 12.8 Å². The third-order valence-electron chi connectivity index (χ3n) is 2.15. The van der Waals surface area contributed by atoms with E-state index in [0.717, 1.165) is 4.90 Å². The summed E-state index contributed by atoms with van der Waals surface area (Å²) in [5, 5.41) is 13.8. The number of hydrogen-bond donors (Lipinski definition) is 3. The van der Waals surface area contributed by atoms with Crippen LogP contribution in [0.3, 0.4) is 0 Å². The Morgan fingerprint density at radius 3 is 2.65 bits per heavy atom. The van der Waals surface area contributed by atoms with Crippen molar-refractivity contribution in [3.8, 4) is 0 Å². The highest BCUT2D eigenvalue weighted by Gasteiger charge is 2.04. The minimum Gasteiger partial charge on any atom is -0.409 e. The average molecular weight is 253 g/mol. The zero-order chi connectivity index (χ0) is 12.7. The van der Waals surface area contributed by atoms with Crippen molar-refractivity contribution >= 4 is 23.5 Å². The molecular weight excluding hydrogens is 238 g/mol. The molecule has 0 heterocycles. The quantitative estimate of drug-likeness (QED) is 0.242. The third kappa shape index (κ3) is 4.36. The van der Waals surface area contributed by atoms with E-state index in [1.165, 1.54) is 0 Å². The highest BCUT2D eigenvalue weighted by Crippen LogP contribution is 2.14. The lowest BCUT2D eigenvalue weighted by Crippen LogP contribution is -2.27. The number of carbonyl (C=O) groups excluding carboxylic acids is 1. The summed E-state index contributed by atoms with van der Waals surface area (Å²) in [6, 6.07) is 7.32. The maximum Gasteiger partial charge on any atom is 0.251 e. The van der Waals surface area contributed by atoms with Crippen molar-refractivity contribution in [3.05, 3.63) is 29.8 Å². The summed E-state index contributed by atoms with van der Waals surface area (Å²) in [7, 11) is 0. The van der Waals surface area contributed by atoms with Crippen LogP contribution in [0.1, 0.15) is 16.8 Å². The van der Waals surface area contributed by atoms with Gasteiger partial charge in [0.25, 0.3) is 5.91 Å². The van der Waals surface area contributed by atoms with Gasteiger partial charge in [-0.2, -0.15) is 0 Å². The molecule has 5 nitrogen and oxygen atoms in total. The van der Waals surface area contributed by atoms with Crippen LogP contribution in [0, 0.1) is 0 Å². The fraction of sp³-hybridized carbons (Fsp3) is 0.273. The van der Waals surface area contributed by atoms with Crippen LogP contribution in [-0.4, -0.2) is 29.8 Å². The molecule has 0 aliphatic rings. The van der Waals surface area contributed by atoms with Crippen molar-refractivity contribution in [1.82, 2.24) is 5.32 Å². The lowest BCUT2D eigenvalue weighted by molar-refractivity contribution is 0.0954. The zero-order valence-corrected chi connectivity index (χ0v) is 10.3. The largest absolute Gasteiger partial charge is 0.409 e. The molecule has 0 fully saturated rings. The van der Waals surface area contributed by atoms with Crippen LogP contribution in [0.15, 0.2) is 34.3 Å². The van der Waals surface area contributed by atoms with Gasteiger partial charge in [0.1, 0.15) is 5.84 Å². The number of carbonyl (C=O) groups is 1. The molecule has 1 rings (SSSR count). The first-order chi connectivity index (χ1) is 8.17. The van der Waals surface area contributed by atoms with Gasteiger partial charge in [0.15, 0.2) is 0 Å². The van der Waals surface area contributed by atoms with E-state index in [1.807, 2.05) is 18.4 Å². The Kier molecular flexibility index (Phi) is 5.35. The Balaban J connectivity index is 2.46. The molecule has 0 aliphatic heterocycles. The van der Waals surface area contributed by atoms with Crippen LogP contribution < -0.4 is 11.1 Å². The molecule has 0 spiro atoms. The molecule has 6 heteroatoms. The average Bonchev–Trinajstić information content (AvgIpc) is 2.38. The monoisotopic (exact) mass is 253 g/mol. The number of nitrogens with one attached hydrogen (secondary N) is 1. The Morgan fingerprint density at radius 2 is 2.12 bits per heavy atom. The van der Waals surface area contributed by atoms with Gasteiger partial charge in [-0.15, -0.1) is 11.8 Å². The SMILES string of the molecule is CSc1ccc(C(=O)NCCC(N)=NO)cc1. The maximum absolute atomic E-state index is 11.7. The summed E-state index contributed by atoms with van der Waals surface area (Å²) < 4.78 is 0. The zero-order valence-electron chi connectivity index (χ0n) is 9.51. The van der Waals surface area contributed by atoms with Gasteiger partial charge in [0.05, 0.1) is 0 Å². The summed E-state index contributed by atoms with van der Waals surface area (Å²) in [4.78, 5) is 12.8. The molecule has 92 valence electrons. The van der Waals surface area contributed by atoms with E-state index in [-0.39, 0.29) is 11.7 Å². The van der Waals surface area contributed by atoms with Gasteiger partial charge in [-0.3, -0.25) is 4.79 Å². The minimum atomic E-state index is -0.164. The Hall–Kier alpha value is -1.69. The van der Waals surface area contributed by atoms with Gasteiger partial charge in [-0.25, -0.2) is 0 Å². The number of rotatable bonds is 5. The van der Waals surface area contributed by atoms with Gasteiger partial charge in [-0.1, -0.05) is 5.16 Å². The minimum absolute atomic E-state index is 0.100. The van der Waals surface area contributed by atoms with E-state index < -0.39 is 0 Å². The molecule has 0 saturated carbocycles. The second-order valence-electron chi connectivity index (χ2n) is 3.33. The molecule has 17 heavy (non-hydrogen) atoms. The first-order valence-electron chi connectivity index (χ1n) is 5.06. The van der Waals surface area contributed by atoms with Crippen molar-refractivity contribution in [1.29, 1.82) is 0 Å². The van der Waals surface area contributed by atoms with Crippen LogP contribution >= 0.6 is 11.8 Å². The van der Waals surface area contributed by atoms with Crippen LogP contribution in [0.5, 0.6) is 0 Å². The molecule has 4 N–H and O–H groups in total. The number of nitrogens with two attached hydrogens (primary N) is 1. The van der Waals surface area contributed by atoms with Crippen LogP contribution in [0.25, 0.3) is 0 Å².